The number of imide groups is 1. The van der Waals surface area contributed by atoms with Crippen molar-refractivity contribution < 1.29 is 24.0 Å². The van der Waals surface area contributed by atoms with E-state index in [4.69, 9.17) is 0 Å². The monoisotopic (exact) mass is 353 g/mol. The van der Waals surface area contributed by atoms with Crippen LogP contribution >= 0.6 is 0 Å². The van der Waals surface area contributed by atoms with E-state index in [1.165, 1.54) is 0 Å². The largest absolute Gasteiger partial charge is 0.465 e. The van der Waals surface area contributed by atoms with E-state index >= 15 is 0 Å². The summed E-state index contributed by atoms with van der Waals surface area (Å²) in [5, 5.41) is 15.5. The van der Waals surface area contributed by atoms with Crippen LogP contribution in [0.3, 0.4) is 0 Å². The number of urea groups is 1. The average Bonchev–Trinajstić information content (AvgIpc) is 2.79. The van der Waals surface area contributed by atoms with Gasteiger partial charge in [-0.3, -0.25) is 4.79 Å². The van der Waals surface area contributed by atoms with Gasteiger partial charge in [0.05, 0.1) is 14.1 Å². The molecule has 0 bridgehead atoms. The molecule has 3 N–H and O–H groups in total. The Morgan fingerprint density at radius 3 is 2.28 bits per heavy atom. The second-order valence-corrected chi connectivity index (χ2v) is 8.21. The lowest BCUT2D eigenvalue weighted by Gasteiger charge is -2.39. The summed E-state index contributed by atoms with van der Waals surface area (Å²) in [6.07, 6.45) is 0.711. The van der Waals surface area contributed by atoms with Crippen molar-refractivity contribution in [3.8, 4) is 0 Å². The fourth-order valence-corrected chi connectivity index (χ4v) is 3.57. The topological polar surface area (TPSA) is 98.7 Å². The Morgan fingerprint density at radius 2 is 1.80 bits per heavy atom. The van der Waals surface area contributed by atoms with Gasteiger partial charge in [0.2, 0.25) is 5.82 Å². The van der Waals surface area contributed by atoms with Crippen molar-refractivity contribution in [2.75, 3.05) is 14.1 Å². The molecule has 0 aromatic carbocycles. The summed E-state index contributed by atoms with van der Waals surface area (Å²) in [4.78, 5) is 38.0. The standard InChI is InChI=1S/C17H28N4O4/c1-10(2)7-8-17(9-11(3)4)19-13-12(20(17)16(24)25)14(22)18-15(23)21(13,5)6/h10-11H,7-9H2,1-6H3,(H2-,18,19,22,23,24,25)/p+1. The maximum atomic E-state index is 12.5. The molecule has 0 saturated carbocycles. The molecule has 0 saturated heterocycles. The van der Waals surface area contributed by atoms with Crippen LogP contribution in [0.4, 0.5) is 9.59 Å². The molecule has 1 atom stereocenters. The molecule has 0 spiro atoms. The second kappa shape index (κ2) is 6.33. The third kappa shape index (κ3) is 3.22. The first-order valence-corrected chi connectivity index (χ1v) is 8.68. The first kappa shape index (κ1) is 19.2. The summed E-state index contributed by atoms with van der Waals surface area (Å²) in [7, 11) is 3.27. The lowest BCUT2D eigenvalue weighted by atomic mass is 9.89. The number of carboxylic acid groups (broad SMARTS) is 1. The Balaban J connectivity index is 2.58. The predicted molar refractivity (Wildman–Crippen MR) is 91.9 cm³/mol. The summed E-state index contributed by atoms with van der Waals surface area (Å²) in [6, 6.07) is -0.481. The van der Waals surface area contributed by atoms with Gasteiger partial charge in [-0.2, -0.15) is 4.48 Å². The van der Waals surface area contributed by atoms with Crippen molar-refractivity contribution in [1.82, 2.24) is 15.5 Å². The summed E-state index contributed by atoms with van der Waals surface area (Å²) in [6.45, 7) is 8.18. The summed E-state index contributed by atoms with van der Waals surface area (Å²) in [5.41, 5.74) is -0.895. The van der Waals surface area contributed by atoms with Crippen molar-refractivity contribution >= 4 is 18.0 Å². The Hall–Kier alpha value is -2.09. The van der Waals surface area contributed by atoms with E-state index in [0.29, 0.717) is 24.6 Å². The Kier molecular flexibility index (Phi) is 4.87. The number of nitrogens with one attached hydrogen (secondary N) is 2. The normalized spacial score (nSPS) is 25.4. The van der Waals surface area contributed by atoms with Gasteiger partial charge in [0, 0.05) is 0 Å². The lowest BCUT2D eigenvalue weighted by molar-refractivity contribution is -0.773. The van der Waals surface area contributed by atoms with Gasteiger partial charge in [0.25, 0.3) is 5.91 Å². The van der Waals surface area contributed by atoms with Gasteiger partial charge < -0.3 is 10.4 Å². The van der Waals surface area contributed by atoms with Crippen molar-refractivity contribution in [1.29, 1.82) is 0 Å². The molecule has 25 heavy (non-hydrogen) atoms. The molecule has 2 aliphatic heterocycles. The highest BCUT2D eigenvalue weighted by atomic mass is 16.4. The van der Waals surface area contributed by atoms with E-state index in [0.717, 1.165) is 11.3 Å². The van der Waals surface area contributed by atoms with Crippen molar-refractivity contribution in [3.05, 3.63) is 11.5 Å². The highest BCUT2D eigenvalue weighted by molar-refractivity contribution is 6.06. The molecule has 140 valence electrons. The first-order chi connectivity index (χ1) is 11.4. The quantitative estimate of drug-likeness (QED) is 0.659. The second-order valence-electron chi connectivity index (χ2n) is 8.21. The van der Waals surface area contributed by atoms with Crippen LogP contribution in [0.5, 0.6) is 0 Å². The molecule has 0 aromatic rings. The van der Waals surface area contributed by atoms with Gasteiger partial charge in [0.15, 0.2) is 5.70 Å². The van der Waals surface area contributed by atoms with Crippen LogP contribution in [-0.2, 0) is 4.79 Å². The fourth-order valence-electron chi connectivity index (χ4n) is 3.57. The van der Waals surface area contributed by atoms with Crippen LogP contribution in [-0.4, -0.2) is 52.3 Å². The number of hydrogen-bond donors (Lipinski definition) is 3. The fraction of sp³-hybridized carbons (Fsp3) is 0.706. The van der Waals surface area contributed by atoms with Gasteiger partial charge in [-0.05, 0) is 31.1 Å². The van der Waals surface area contributed by atoms with Gasteiger partial charge in [-0.1, -0.05) is 27.7 Å². The van der Waals surface area contributed by atoms with E-state index in [2.05, 4.69) is 24.5 Å². The van der Waals surface area contributed by atoms with Crippen LogP contribution < -0.4 is 10.6 Å². The molecule has 0 fully saturated rings. The molecular weight excluding hydrogens is 324 g/mol. The molecule has 2 heterocycles. The van der Waals surface area contributed by atoms with Gasteiger partial charge in [-0.15, -0.1) is 0 Å². The van der Waals surface area contributed by atoms with Crippen LogP contribution in [0.2, 0.25) is 0 Å². The molecular formula is C17H29N4O4+. The van der Waals surface area contributed by atoms with E-state index in [1.54, 1.807) is 14.1 Å². The SMILES string of the molecule is CC(C)CCC1(CC(C)C)NC2=C(C(=O)NC(=O)[N+]2(C)C)N1C(=O)O. The van der Waals surface area contributed by atoms with Crippen LogP contribution in [0.1, 0.15) is 47.0 Å². The number of amides is 4. The Morgan fingerprint density at radius 1 is 1.20 bits per heavy atom. The van der Waals surface area contributed by atoms with Gasteiger partial charge >= 0.3 is 12.1 Å². The average molecular weight is 353 g/mol. The van der Waals surface area contributed by atoms with Crippen molar-refractivity contribution in [2.24, 2.45) is 11.8 Å². The molecule has 2 aliphatic rings. The van der Waals surface area contributed by atoms with Crippen molar-refractivity contribution in [2.45, 2.75) is 52.6 Å². The molecule has 0 radical (unpaired) electrons. The number of quaternary nitrogens is 1. The first-order valence-electron chi connectivity index (χ1n) is 8.68. The number of carbonyl (C=O) groups is 3. The minimum Gasteiger partial charge on any atom is -0.465 e. The number of rotatable bonds is 5. The van der Waals surface area contributed by atoms with E-state index in [9.17, 15) is 19.5 Å². The summed E-state index contributed by atoms with van der Waals surface area (Å²) >= 11 is 0. The third-order valence-corrected chi connectivity index (χ3v) is 4.80. The lowest BCUT2D eigenvalue weighted by Crippen LogP contribution is -2.59. The van der Waals surface area contributed by atoms with Crippen LogP contribution in [0.15, 0.2) is 11.5 Å². The molecule has 8 heteroatoms. The van der Waals surface area contributed by atoms with E-state index in [-0.39, 0.29) is 16.1 Å². The highest BCUT2D eigenvalue weighted by Crippen LogP contribution is 2.41. The molecule has 0 aliphatic carbocycles. The molecule has 4 amide bonds. The number of nitrogens with zero attached hydrogens (tertiary/aromatic N) is 2. The minimum absolute atomic E-state index is 0.0292. The van der Waals surface area contributed by atoms with Crippen molar-refractivity contribution in [3.63, 3.8) is 0 Å². The zero-order valence-electron chi connectivity index (χ0n) is 15.8. The number of carbonyl (C=O) groups excluding carboxylic acids is 2. The number of hydrogen-bond acceptors (Lipinski definition) is 4. The van der Waals surface area contributed by atoms with E-state index in [1.807, 2.05) is 13.8 Å². The zero-order chi connectivity index (χ0) is 19.2. The molecule has 2 rings (SSSR count). The van der Waals surface area contributed by atoms with Crippen LogP contribution in [0.25, 0.3) is 0 Å². The summed E-state index contributed by atoms with van der Waals surface area (Å²) < 4.78 is -0.244. The summed E-state index contributed by atoms with van der Waals surface area (Å²) in [5.74, 6) is 0.275. The van der Waals surface area contributed by atoms with Crippen LogP contribution in [0, 0.1) is 11.8 Å². The smallest absolute Gasteiger partial charge is 0.429 e. The molecule has 0 aromatic heterocycles. The van der Waals surface area contributed by atoms with Gasteiger partial charge in [0.1, 0.15) is 5.66 Å². The highest BCUT2D eigenvalue weighted by Gasteiger charge is 2.59. The molecule has 1 unspecified atom stereocenters. The Labute approximate surface area is 148 Å². The zero-order valence-corrected chi connectivity index (χ0v) is 15.8. The predicted octanol–water partition coefficient (Wildman–Crippen LogP) is 2.24. The molecule has 8 nitrogen and oxygen atoms in total. The maximum absolute atomic E-state index is 12.5. The van der Waals surface area contributed by atoms with E-state index < -0.39 is 23.7 Å². The minimum atomic E-state index is -1.19. The third-order valence-electron chi connectivity index (χ3n) is 4.80. The Bertz CT molecular complexity index is 639. The van der Waals surface area contributed by atoms with Gasteiger partial charge in [-0.25, -0.2) is 19.8 Å². The maximum Gasteiger partial charge on any atom is 0.429 e.